The molecular formula is C13H15ClFNO3. The number of benzene rings is 1. The molecule has 1 atom stereocenters. The molecule has 0 aliphatic carbocycles. The zero-order chi connectivity index (χ0) is 13.8. The number of hydrogen-bond acceptors (Lipinski definition) is 3. The van der Waals surface area contributed by atoms with Gasteiger partial charge in [0.05, 0.1) is 18.2 Å². The third kappa shape index (κ3) is 3.58. The summed E-state index contributed by atoms with van der Waals surface area (Å²) in [6, 6.07) is 3.82. The van der Waals surface area contributed by atoms with Crippen LogP contribution >= 0.6 is 11.6 Å². The van der Waals surface area contributed by atoms with Crippen molar-refractivity contribution < 1.29 is 18.7 Å². The van der Waals surface area contributed by atoms with Crippen LogP contribution in [0, 0.1) is 5.82 Å². The highest BCUT2D eigenvalue weighted by Gasteiger charge is 2.24. The lowest BCUT2D eigenvalue weighted by Gasteiger charge is -2.29. The Bertz CT molecular complexity index is 463. The average molecular weight is 288 g/mol. The van der Waals surface area contributed by atoms with Gasteiger partial charge in [-0.25, -0.2) is 4.39 Å². The standard InChI is InChI=1S/C13H15ClFNO3/c1-9(13(17)16-4-6-18-7-5-16)19-12-3-2-10(15)8-11(12)14/h2-3,8-9H,4-7H2,1H3. The van der Waals surface area contributed by atoms with Gasteiger partial charge in [-0.1, -0.05) is 11.6 Å². The van der Waals surface area contributed by atoms with Gasteiger partial charge in [-0.2, -0.15) is 0 Å². The average Bonchev–Trinajstić information content (AvgIpc) is 2.42. The molecule has 1 fully saturated rings. The highest BCUT2D eigenvalue weighted by molar-refractivity contribution is 6.32. The molecule has 0 saturated carbocycles. The third-order valence-electron chi connectivity index (χ3n) is 2.87. The van der Waals surface area contributed by atoms with Crippen molar-refractivity contribution in [1.82, 2.24) is 4.90 Å². The molecule has 1 aliphatic heterocycles. The van der Waals surface area contributed by atoms with E-state index >= 15 is 0 Å². The van der Waals surface area contributed by atoms with Crippen molar-refractivity contribution in [3.8, 4) is 5.75 Å². The quantitative estimate of drug-likeness (QED) is 0.855. The Morgan fingerprint density at radius 1 is 1.47 bits per heavy atom. The Kier molecular flexibility index (Phi) is 4.61. The van der Waals surface area contributed by atoms with Crippen molar-refractivity contribution >= 4 is 17.5 Å². The molecule has 0 radical (unpaired) electrons. The first-order valence-corrected chi connectivity index (χ1v) is 6.44. The van der Waals surface area contributed by atoms with Crippen molar-refractivity contribution in [2.24, 2.45) is 0 Å². The van der Waals surface area contributed by atoms with Gasteiger partial charge in [0.25, 0.3) is 5.91 Å². The number of halogens is 2. The highest BCUT2D eigenvalue weighted by Crippen LogP contribution is 2.26. The number of nitrogens with zero attached hydrogens (tertiary/aromatic N) is 1. The first-order chi connectivity index (χ1) is 9.08. The van der Waals surface area contributed by atoms with Crippen LogP contribution in [0.2, 0.25) is 5.02 Å². The molecule has 1 amide bonds. The van der Waals surface area contributed by atoms with Gasteiger partial charge in [0, 0.05) is 13.1 Å². The van der Waals surface area contributed by atoms with Crippen LogP contribution in [0.3, 0.4) is 0 Å². The number of morpholine rings is 1. The van der Waals surface area contributed by atoms with Gasteiger partial charge in [0.15, 0.2) is 6.10 Å². The van der Waals surface area contributed by atoms with E-state index in [-0.39, 0.29) is 10.9 Å². The van der Waals surface area contributed by atoms with Gasteiger partial charge in [-0.3, -0.25) is 4.79 Å². The molecule has 1 aromatic rings. The van der Waals surface area contributed by atoms with E-state index in [1.807, 2.05) is 0 Å². The van der Waals surface area contributed by atoms with Crippen molar-refractivity contribution in [3.63, 3.8) is 0 Å². The summed E-state index contributed by atoms with van der Waals surface area (Å²) < 4.78 is 23.6. The SMILES string of the molecule is CC(Oc1ccc(F)cc1Cl)C(=O)N1CCOCC1. The largest absolute Gasteiger partial charge is 0.479 e. The Morgan fingerprint density at radius 3 is 2.79 bits per heavy atom. The molecule has 1 saturated heterocycles. The molecule has 1 aromatic carbocycles. The minimum Gasteiger partial charge on any atom is -0.479 e. The number of amides is 1. The van der Waals surface area contributed by atoms with Crippen molar-refractivity contribution in [2.75, 3.05) is 26.3 Å². The first-order valence-electron chi connectivity index (χ1n) is 6.06. The van der Waals surface area contributed by atoms with Gasteiger partial charge in [0.2, 0.25) is 0 Å². The molecular weight excluding hydrogens is 273 g/mol. The number of rotatable bonds is 3. The Morgan fingerprint density at radius 2 is 2.16 bits per heavy atom. The van der Waals surface area contributed by atoms with Crippen molar-refractivity contribution in [1.29, 1.82) is 0 Å². The predicted octanol–water partition coefficient (Wildman–Crippen LogP) is 2.11. The lowest BCUT2D eigenvalue weighted by Crippen LogP contribution is -2.46. The summed E-state index contributed by atoms with van der Waals surface area (Å²) in [4.78, 5) is 13.8. The summed E-state index contributed by atoms with van der Waals surface area (Å²) in [6.07, 6.45) is -0.666. The molecule has 2 rings (SSSR count). The van der Waals surface area contributed by atoms with E-state index in [2.05, 4.69) is 0 Å². The fourth-order valence-electron chi connectivity index (χ4n) is 1.85. The van der Waals surface area contributed by atoms with Gasteiger partial charge in [0.1, 0.15) is 11.6 Å². The Hall–Kier alpha value is -1.33. The zero-order valence-corrected chi connectivity index (χ0v) is 11.3. The van der Waals surface area contributed by atoms with Crippen LogP contribution in [0.25, 0.3) is 0 Å². The van der Waals surface area contributed by atoms with E-state index in [0.717, 1.165) is 6.07 Å². The second kappa shape index (κ2) is 6.21. The Labute approximate surface area is 116 Å². The van der Waals surface area contributed by atoms with Crippen LogP contribution in [0.4, 0.5) is 4.39 Å². The predicted molar refractivity (Wildman–Crippen MR) is 68.9 cm³/mol. The van der Waals surface area contributed by atoms with E-state index in [0.29, 0.717) is 32.1 Å². The summed E-state index contributed by atoms with van der Waals surface area (Å²) in [6.45, 7) is 3.84. The van der Waals surface area contributed by atoms with Gasteiger partial charge in [-0.05, 0) is 25.1 Å². The second-order valence-corrected chi connectivity index (χ2v) is 4.68. The molecule has 0 spiro atoms. The minimum absolute atomic E-state index is 0.122. The smallest absolute Gasteiger partial charge is 0.263 e. The minimum atomic E-state index is -0.666. The van der Waals surface area contributed by atoms with Crippen LogP contribution < -0.4 is 4.74 Å². The molecule has 104 valence electrons. The molecule has 4 nitrogen and oxygen atoms in total. The molecule has 1 unspecified atom stereocenters. The third-order valence-corrected chi connectivity index (χ3v) is 3.16. The van der Waals surface area contributed by atoms with E-state index < -0.39 is 11.9 Å². The highest BCUT2D eigenvalue weighted by atomic mass is 35.5. The van der Waals surface area contributed by atoms with Crippen molar-refractivity contribution in [3.05, 3.63) is 29.0 Å². The number of carbonyl (C=O) groups excluding carboxylic acids is 1. The van der Waals surface area contributed by atoms with Gasteiger partial charge >= 0.3 is 0 Å². The maximum atomic E-state index is 12.9. The monoisotopic (exact) mass is 287 g/mol. The maximum Gasteiger partial charge on any atom is 0.263 e. The van der Waals surface area contributed by atoms with E-state index in [9.17, 15) is 9.18 Å². The lowest BCUT2D eigenvalue weighted by atomic mass is 10.3. The maximum absolute atomic E-state index is 12.9. The van der Waals surface area contributed by atoms with Crippen molar-refractivity contribution in [2.45, 2.75) is 13.0 Å². The first kappa shape index (κ1) is 14.1. The zero-order valence-electron chi connectivity index (χ0n) is 10.6. The second-order valence-electron chi connectivity index (χ2n) is 4.27. The van der Waals surface area contributed by atoms with Crippen LogP contribution in [0.5, 0.6) is 5.75 Å². The summed E-state index contributed by atoms with van der Waals surface area (Å²) in [5, 5.41) is 0.154. The van der Waals surface area contributed by atoms with Gasteiger partial charge < -0.3 is 14.4 Å². The summed E-state index contributed by atoms with van der Waals surface area (Å²) in [5.41, 5.74) is 0. The summed E-state index contributed by atoms with van der Waals surface area (Å²) >= 11 is 5.85. The number of ether oxygens (including phenoxy) is 2. The molecule has 0 aromatic heterocycles. The van der Waals surface area contributed by atoms with E-state index in [4.69, 9.17) is 21.1 Å². The Balaban J connectivity index is 1.99. The molecule has 0 bridgehead atoms. The fraction of sp³-hybridized carbons (Fsp3) is 0.462. The number of hydrogen-bond donors (Lipinski definition) is 0. The fourth-order valence-corrected chi connectivity index (χ4v) is 2.06. The van der Waals surface area contributed by atoms with Crippen LogP contribution in [0.1, 0.15) is 6.92 Å². The molecule has 19 heavy (non-hydrogen) atoms. The van der Waals surface area contributed by atoms with E-state index in [1.165, 1.54) is 12.1 Å². The van der Waals surface area contributed by atoms with E-state index in [1.54, 1.807) is 11.8 Å². The lowest BCUT2D eigenvalue weighted by molar-refractivity contribution is -0.142. The molecule has 1 heterocycles. The summed E-state index contributed by atoms with van der Waals surface area (Å²) in [7, 11) is 0. The normalized spacial score (nSPS) is 17.1. The molecule has 1 aliphatic rings. The van der Waals surface area contributed by atoms with Crippen LogP contribution in [-0.2, 0) is 9.53 Å². The van der Waals surface area contributed by atoms with Crippen LogP contribution in [0.15, 0.2) is 18.2 Å². The molecule has 0 N–H and O–H groups in total. The van der Waals surface area contributed by atoms with Crippen LogP contribution in [-0.4, -0.2) is 43.2 Å². The van der Waals surface area contributed by atoms with Gasteiger partial charge in [-0.15, -0.1) is 0 Å². The number of carbonyl (C=O) groups is 1. The molecule has 6 heteroatoms. The summed E-state index contributed by atoms with van der Waals surface area (Å²) in [5.74, 6) is -0.259. The topological polar surface area (TPSA) is 38.8 Å².